The number of rotatable bonds is 3. The summed E-state index contributed by atoms with van der Waals surface area (Å²) in [7, 11) is 0. The maximum absolute atomic E-state index is 11.5. The molecule has 0 aliphatic rings. The molecule has 0 aliphatic carbocycles. The summed E-state index contributed by atoms with van der Waals surface area (Å²) in [6.07, 6.45) is 1.59. The first kappa shape index (κ1) is 11.4. The lowest BCUT2D eigenvalue weighted by atomic mass is 10.1. The molecule has 1 N–H and O–H groups in total. The monoisotopic (exact) mass is 258 g/mol. The molecular formula is C10H15BrN2O. The zero-order chi connectivity index (χ0) is 10.7. The third-order valence-electron chi connectivity index (χ3n) is 1.92. The lowest BCUT2D eigenvalue weighted by molar-refractivity contribution is 0.626. The Labute approximate surface area is 92.1 Å². The van der Waals surface area contributed by atoms with Crippen LogP contribution in [0.1, 0.15) is 32.3 Å². The van der Waals surface area contributed by atoms with Crippen molar-refractivity contribution in [3.05, 3.63) is 26.3 Å². The van der Waals surface area contributed by atoms with Gasteiger partial charge in [-0.15, -0.1) is 0 Å². The zero-order valence-electron chi connectivity index (χ0n) is 8.72. The van der Waals surface area contributed by atoms with Gasteiger partial charge in [-0.3, -0.25) is 4.79 Å². The Morgan fingerprint density at radius 3 is 2.64 bits per heavy atom. The lowest BCUT2D eigenvalue weighted by Gasteiger charge is -2.07. The summed E-state index contributed by atoms with van der Waals surface area (Å²) in [5.41, 5.74) is 0.785. The van der Waals surface area contributed by atoms with Crippen molar-refractivity contribution >= 4 is 15.9 Å². The second-order valence-electron chi connectivity index (χ2n) is 3.72. The predicted octanol–water partition coefficient (Wildman–Crippen LogP) is 2.29. The van der Waals surface area contributed by atoms with E-state index in [0.29, 0.717) is 10.4 Å². The van der Waals surface area contributed by atoms with E-state index in [1.165, 1.54) is 0 Å². The number of aryl methyl sites for hydroxylation is 1. The Balaban J connectivity index is 3.14. The lowest BCUT2D eigenvalue weighted by Crippen LogP contribution is -2.16. The van der Waals surface area contributed by atoms with Crippen LogP contribution in [0.5, 0.6) is 0 Å². The molecule has 0 saturated carbocycles. The number of nitrogens with zero attached hydrogens (tertiary/aromatic N) is 1. The molecule has 0 spiro atoms. The van der Waals surface area contributed by atoms with Crippen LogP contribution in [0, 0.1) is 5.92 Å². The Morgan fingerprint density at radius 2 is 2.14 bits per heavy atom. The maximum atomic E-state index is 11.5. The van der Waals surface area contributed by atoms with Crippen LogP contribution in [0.2, 0.25) is 0 Å². The van der Waals surface area contributed by atoms with Crippen molar-refractivity contribution in [3.8, 4) is 0 Å². The summed E-state index contributed by atoms with van der Waals surface area (Å²) < 4.78 is 0.573. The van der Waals surface area contributed by atoms with Crippen molar-refractivity contribution in [3.63, 3.8) is 0 Å². The molecule has 0 radical (unpaired) electrons. The molecule has 0 atom stereocenters. The molecule has 3 nitrogen and oxygen atoms in total. The van der Waals surface area contributed by atoms with Crippen molar-refractivity contribution in [1.29, 1.82) is 0 Å². The van der Waals surface area contributed by atoms with Gasteiger partial charge in [0.2, 0.25) is 0 Å². The normalized spacial score (nSPS) is 10.9. The summed E-state index contributed by atoms with van der Waals surface area (Å²) in [5.74, 6) is 1.26. The van der Waals surface area contributed by atoms with Crippen molar-refractivity contribution < 1.29 is 0 Å². The molecule has 14 heavy (non-hydrogen) atoms. The number of nitrogens with one attached hydrogen (secondary N) is 1. The SMILES string of the molecule is CCc1nc(CC(C)C)c(Br)c(=O)[nH]1. The zero-order valence-corrected chi connectivity index (χ0v) is 10.3. The molecule has 1 heterocycles. The highest BCUT2D eigenvalue weighted by molar-refractivity contribution is 9.10. The fourth-order valence-electron chi connectivity index (χ4n) is 1.25. The van der Waals surface area contributed by atoms with Crippen LogP contribution < -0.4 is 5.56 Å². The topological polar surface area (TPSA) is 45.8 Å². The van der Waals surface area contributed by atoms with Gasteiger partial charge >= 0.3 is 0 Å². The Morgan fingerprint density at radius 1 is 1.50 bits per heavy atom. The van der Waals surface area contributed by atoms with Crippen LogP contribution in [0.3, 0.4) is 0 Å². The number of H-pyrrole nitrogens is 1. The van der Waals surface area contributed by atoms with Crippen molar-refractivity contribution in [2.75, 3.05) is 0 Å². The van der Waals surface area contributed by atoms with E-state index in [2.05, 4.69) is 39.7 Å². The molecule has 0 aromatic carbocycles. The first-order valence-corrected chi connectivity index (χ1v) is 5.61. The van der Waals surface area contributed by atoms with E-state index >= 15 is 0 Å². The van der Waals surface area contributed by atoms with Gasteiger partial charge in [0.25, 0.3) is 5.56 Å². The van der Waals surface area contributed by atoms with Gasteiger partial charge in [-0.25, -0.2) is 4.98 Å². The second-order valence-corrected chi connectivity index (χ2v) is 4.52. The van der Waals surface area contributed by atoms with E-state index in [4.69, 9.17) is 0 Å². The number of hydrogen-bond donors (Lipinski definition) is 1. The Bertz CT molecular complexity index is 371. The van der Waals surface area contributed by atoms with E-state index in [1.807, 2.05) is 6.92 Å². The molecule has 0 aliphatic heterocycles. The molecule has 0 saturated heterocycles. The Hall–Kier alpha value is -0.640. The van der Waals surface area contributed by atoms with Gasteiger partial charge in [0.1, 0.15) is 10.3 Å². The van der Waals surface area contributed by atoms with Gasteiger partial charge in [-0.1, -0.05) is 20.8 Å². The largest absolute Gasteiger partial charge is 0.310 e. The smallest absolute Gasteiger partial charge is 0.265 e. The second kappa shape index (κ2) is 4.73. The van der Waals surface area contributed by atoms with E-state index in [1.54, 1.807) is 0 Å². The van der Waals surface area contributed by atoms with Crippen LogP contribution in [0.15, 0.2) is 9.27 Å². The van der Waals surface area contributed by atoms with E-state index in [0.717, 1.165) is 24.4 Å². The van der Waals surface area contributed by atoms with E-state index in [-0.39, 0.29) is 5.56 Å². The predicted molar refractivity (Wildman–Crippen MR) is 60.5 cm³/mol. The summed E-state index contributed by atoms with van der Waals surface area (Å²) in [6.45, 7) is 6.20. The molecule has 0 amide bonds. The standard InChI is InChI=1S/C10H15BrN2O/c1-4-8-12-7(5-6(2)3)9(11)10(14)13-8/h6H,4-5H2,1-3H3,(H,12,13,14). The average Bonchev–Trinajstić information content (AvgIpc) is 2.11. The quantitative estimate of drug-likeness (QED) is 0.905. The third kappa shape index (κ3) is 2.67. The summed E-state index contributed by atoms with van der Waals surface area (Å²) >= 11 is 3.27. The molecule has 78 valence electrons. The fraction of sp³-hybridized carbons (Fsp3) is 0.600. The van der Waals surface area contributed by atoms with Crippen LogP contribution in [0.25, 0.3) is 0 Å². The van der Waals surface area contributed by atoms with Crippen molar-refractivity contribution in [2.24, 2.45) is 5.92 Å². The maximum Gasteiger partial charge on any atom is 0.265 e. The highest BCUT2D eigenvalue weighted by Gasteiger charge is 2.09. The van der Waals surface area contributed by atoms with Gasteiger partial charge in [0.15, 0.2) is 0 Å². The minimum atomic E-state index is -0.0764. The summed E-state index contributed by atoms with van der Waals surface area (Å²) in [6, 6.07) is 0. The third-order valence-corrected chi connectivity index (χ3v) is 2.73. The number of aromatic amines is 1. The van der Waals surface area contributed by atoms with Gasteiger partial charge in [-0.2, -0.15) is 0 Å². The molecule has 0 unspecified atom stereocenters. The first-order valence-electron chi connectivity index (χ1n) is 4.82. The molecule has 0 fully saturated rings. The van der Waals surface area contributed by atoms with Gasteiger partial charge in [-0.05, 0) is 28.3 Å². The number of hydrogen-bond acceptors (Lipinski definition) is 2. The average molecular weight is 259 g/mol. The van der Waals surface area contributed by atoms with Crippen molar-refractivity contribution in [2.45, 2.75) is 33.6 Å². The molecule has 4 heteroatoms. The molecule has 1 aromatic heterocycles. The minimum Gasteiger partial charge on any atom is -0.310 e. The summed E-state index contributed by atoms with van der Waals surface area (Å²) in [5, 5.41) is 0. The highest BCUT2D eigenvalue weighted by Crippen LogP contribution is 2.13. The van der Waals surface area contributed by atoms with Crippen molar-refractivity contribution in [1.82, 2.24) is 9.97 Å². The number of halogens is 1. The number of aromatic nitrogens is 2. The first-order chi connectivity index (χ1) is 6.54. The molecule has 1 rings (SSSR count). The van der Waals surface area contributed by atoms with E-state index < -0.39 is 0 Å². The van der Waals surface area contributed by atoms with Gasteiger partial charge in [0, 0.05) is 6.42 Å². The fourth-order valence-corrected chi connectivity index (χ4v) is 1.60. The highest BCUT2D eigenvalue weighted by atomic mass is 79.9. The van der Waals surface area contributed by atoms with Gasteiger partial charge in [0.05, 0.1) is 5.69 Å². The summed E-state index contributed by atoms with van der Waals surface area (Å²) in [4.78, 5) is 18.6. The minimum absolute atomic E-state index is 0.0764. The van der Waals surface area contributed by atoms with Crippen LogP contribution in [0.4, 0.5) is 0 Å². The van der Waals surface area contributed by atoms with Gasteiger partial charge < -0.3 is 4.98 Å². The molecular weight excluding hydrogens is 244 g/mol. The molecule has 1 aromatic rings. The van der Waals surface area contributed by atoms with Crippen LogP contribution >= 0.6 is 15.9 Å². The van der Waals surface area contributed by atoms with Crippen LogP contribution in [-0.4, -0.2) is 9.97 Å². The molecule has 0 bridgehead atoms. The Kier molecular flexibility index (Phi) is 3.86. The van der Waals surface area contributed by atoms with E-state index in [9.17, 15) is 4.79 Å². The van der Waals surface area contributed by atoms with Crippen LogP contribution in [-0.2, 0) is 12.8 Å².